The molecule has 26 heavy (non-hydrogen) atoms. The molecule has 3 N–H and O–H groups in total. The van der Waals surface area contributed by atoms with Crippen molar-refractivity contribution in [3.63, 3.8) is 0 Å². The Hall–Kier alpha value is -2.34. The summed E-state index contributed by atoms with van der Waals surface area (Å²) in [5.41, 5.74) is 3.52. The Morgan fingerprint density at radius 1 is 1.23 bits per heavy atom. The zero-order chi connectivity index (χ0) is 19.1. The quantitative estimate of drug-likeness (QED) is 0.624. The summed E-state index contributed by atoms with van der Waals surface area (Å²) >= 11 is 0. The van der Waals surface area contributed by atoms with Gasteiger partial charge in [-0.1, -0.05) is 45.0 Å². The minimum absolute atomic E-state index is 0.114. The van der Waals surface area contributed by atoms with Gasteiger partial charge in [0.2, 0.25) is 0 Å². The van der Waals surface area contributed by atoms with Gasteiger partial charge in [0.15, 0.2) is 0 Å². The van der Waals surface area contributed by atoms with Crippen molar-refractivity contribution in [2.24, 2.45) is 5.92 Å². The van der Waals surface area contributed by atoms with Gasteiger partial charge in [-0.05, 0) is 30.4 Å². The molecule has 6 heteroatoms. The van der Waals surface area contributed by atoms with Crippen molar-refractivity contribution in [3.05, 3.63) is 46.7 Å². The third-order valence-corrected chi connectivity index (χ3v) is 4.49. The lowest BCUT2D eigenvalue weighted by Crippen LogP contribution is -2.46. The standard InChI is InChI=1S/C20H29N3O3/c1-5-14-7-9-15(10-8-14)18(13(3)4)21-12-17-16(19(24)26-6-2)11-22-20(25)23-17/h7-10,13,18,21H,5-6,11-12H2,1-4H3,(H2,22,23,25)/t18-/m1/s1. The van der Waals surface area contributed by atoms with E-state index in [0.717, 1.165) is 6.42 Å². The van der Waals surface area contributed by atoms with E-state index in [9.17, 15) is 9.59 Å². The van der Waals surface area contributed by atoms with Crippen molar-refractivity contribution in [3.8, 4) is 0 Å². The summed E-state index contributed by atoms with van der Waals surface area (Å²) in [6.45, 7) is 9.06. The van der Waals surface area contributed by atoms with Crippen molar-refractivity contribution < 1.29 is 14.3 Å². The van der Waals surface area contributed by atoms with E-state index in [0.29, 0.717) is 30.3 Å². The molecule has 0 spiro atoms. The zero-order valence-electron chi connectivity index (χ0n) is 16.0. The van der Waals surface area contributed by atoms with E-state index in [1.807, 2.05) is 0 Å². The molecule has 1 atom stereocenters. The van der Waals surface area contributed by atoms with Crippen LogP contribution < -0.4 is 16.0 Å². The van der Waals surface area contributed by atoms with Gasteiger partial charge in [-0.25, -0.2) is 9.59 Å². The summed E-state index contributed by atoms with van der Waals surface area (Å²) in [5.74, 6) is -0.0447. The maximum absolute atomic E-state index is 12.1. The number of rotatable bonds is 8. The predicted molar refractivity (Wildman–Crippen MR) is 102 cm³/mol. The third kappa shape index (κ3) is 5.08. The molecule has 0 radical (unpaired) electrons. The normalized spacial score (nSPS) is 15.5. The lowest BCUT2D eigenvalue weighted by molar-refractivity contribution is -0.138. The topological polar surface area (TPSA) is 79.5 Å². The van der Waals surface area contributed by atoms with Gasteiger partial charge in [0.25, 0.3) is 0 Å². The highest BCUT2D eigenvalue weighted by atomic mass is 16.5. The molecular weight excluding hydrogens is 330 g/mol. The highest BCUT2D eigenvalue weighted by Gasteiger charge is 2.24. The molecule has 0 fully saturated rings. The van der Waals surface area contributed by atoms with Gasteiger partial charge in [-0.3, -0.25) is 0 Å². The monoisotopic (exact) mass is 359 g/mol. The predicted octanol–water partition coefficient (Wildman–Crippen LogP) is 2.67. The van der Waals surface area contributed by atoms with Crippen molar-refractivity contribution in [2.75, 3.05) is 19.7 Å². The molecule has 142 valence electrons. The van der Waals surface area contributed by atoms with E-state index in [-0.39, 0.29) is 18.6 Å². The summed E-state index contributed by atoms with van der Waals surface area (Å²) < 4.78 is 5.10. The Kier molecular flexibility index (Phi) is 7.21. The number of amides is 2. The number of benzene rings is 1. The number of hydrogen-bond donors (Lipinski definition) is 3. The first-order valence-electron chi connectivity index (χ1n) is 9.22. The molecule has 2 amide bonds. The summed E-state index contributed by atoms with van der Waals surface area (Å²) in [6.07, 6.45) is 1.01. The van der Waals surface area contributed by atoms with E-state index in [4.69, 9.17) is 4.74 Å². The average Bonchev–Trinajstić information content (AvgIpc) is 2.62. The molecule has 0 bridgehead atoms. The molecule has 1 heterocycles. The van der Waals surface area contributed by atoms with Crippen LogP contribution in [0.4, 0.5) is 4.79 Å². The van der Waals surface area contributed by atoms with Gasteiger partial charge in [-0.15, -0.1) is 0 Å². The Morgan fingerprint density at radius 3 is 2.50 bits per heavy atom. The van der Waals surface area contributed by atoms with Crippen LogP contribution in [0.15, 0.2) is 35.5 Å². The maximum Gasteiger partial charge on any atom is 0.337 e. The largest absolute Gasteiger partial charge is 0.463 e. The van der Waals surface area contributed by atoms with Crippen LogP contribution in [0, 0.1) is 5.92 Å². The number of hydrogen-bond acceptors (Lipinski definition) is 4. The first-order valence-corrected chi connectivity index (χ1v) is 9.22. The SMILES string of the molecule is CCOC(=O)C1=C(CN[C@@H](c2ccc(CC)cc2)C(C)C)NC(=O)NC1. The van der Waals surface area contributed by atoms with E-state index >= 15 is 0 Å². The fourth-order valence-electron chi connectivity index (χ4n) is 3.01. The van der Waals surface area contributed by atoms with Crippen molar-refractivity contribution in [1.29, 1.82) is 0 Å². The second-order valence-electron chi connectivity index (χ2n) is 6.68. The first-order chi connectivity index (χ1) is 12.5. The summed E-state index contributed by atoms with van der Waals surface area (Å²) in [5, 5.41) is 8.84. The van der Waals surface area contributed by atoms with Crippen molar-refractivity contribution >= 4 is 12.0 Å². The smallest absolute Gasteiger partial charge is 0.337 e. The van der Waals surface area contributed by atoms with Crippen molar-refractivity contribution in [1.82, 2.24) is 16.0 Å². The van der Waals surface area contributed by atoms with Crippen LogP contribution in [-0.4, -0.2) is 31.7 Å². The van der Waals surface area contributed by atoms with Crippen LogP contribution in [-0.2, 0) is 16.0 Å². The summed E-state index contributed by atoms with van der Waals surface area (Å²) in [6, 6.07) is 8.37. The Bertz CT molecular complexity index is 665. The van der Waals surface area contributed by atoms with E-state index in [1.165, 1.54) is 11.1 Å². The molecule has 0 aliphatic carbocycles. The van der Waals surface area contributed by atoms with E-state index in [1.54, 1.807) is 6.92 Å². The van der Waals surface area contributed by atoms with Crippen LogP contribution >= 0.6 is 0 Å². The number of esters is 1. The number of carbonyl (C=O) groups excluding carboxylic acids is 2. The van der Waals surface area contributed by atoms with Gasteiger partial charge in [-0.2, -0.15) is 0 Å². The van der Waals surface area contributed by atoms with Gasteiger partial charge in [0.1, 0.15) is 0 Å². The van der Waals surface area contributed by atoms with Gasteiger partial charge < -0.3 is 20.7 Å². The number of nitrogens with one attached hydrogen (secondary N) is 3. The fraction of sp³-hybridized carbons (Fsp3) is 0.500. The van der Waals surface area contributed by atoms with Gasteiger partial charge in [0, 0.05) is 18.3 Å². The van der Waals surface area contributed by atoms with E-state index < -0.39 is 5.97 Å². The second kappa shape index (κ2) is 9.38. The molecule has 1 aliphatic rings. The lowest BCUT2D eigenvalue weighted by atomic mass is 9.94. The van der Waals surface area contributed by atoms with Crippen LogP contribution in [0.5, 0.6) is 0 Å². The van der Waals surface area contributed by atoms with Crippen LogP contribution in [0.2, 0.25) is 0 Å². The molecule has 0 aromatic heterocycles. The summed E-state index contributed by atoms with van der Waals surface area (Å²) in [4.78, 5) is 23.8. The Morgan fingerprint density at radius 2 is 1.92 bits per heavy atom. The fourth-order valence-corrected chi connectivity index (χ4v) is 3.01. The lowest BCUT2D eigenvalue weighted by Gasteiger charge is -2.27. The van der Waals surface area contributed by atoms with Crippen LogP contribution in [0.3, 0.4) is 0 Å². The first kappa shape index (κ1) is 20.0. The molecule has 6 nitrogen and oxygen atoms in total. The number of aryl methyl sites for hydroxylation is 1. The maximum atomic E-state index is 12.1. The van der Waals surface area contributed by atoms with E-state index in [2.05, 4.69) is 61.0 Å². The molecule has 1 aromatic carbocycles. The number of ether oxygens (including phenoxy) is 1. The van der Waals surface area contributed by atoms with Gasteiger partial charge in [0.05, 0.1) is 18.7 Å². The highest BCUT2D eigenvalue weighted by Crippen LogP contribution is 2.23. The van der Waals surface area contributed by atoms with Gasteiger partial charge >= 0.3 is 12.0 Å². The molecular formula is C20H29N3O3. The molecule has 2 rings (SSSR count). The molecule has 1 aliphatic heterocycles. The van der Waals surface area contributed by atoms with Crippen LogP contribution in [0.25, 0.3) is 0 Å². The Balaban J connectivity index is 2.16. The third-order valence-electron chi connectivity index (χ3n) is 4.49. The minimum Gasteiger partial charge on any atom is -0.463 e. The average molecular weight is 359 g/mol. The second-order valence-corrected chi connectivity index (χ2v) is 6.68. The Labute approximate surface area is 155 Å². The number of carbonyl (C=O) groups is 2. The molecule has 1 aromatic rings. The highest BCUT2D eigenvalue weighted by molar-refractivity contribution is 5.93. The van der Waals surface area contributed by atoms with Crippen molar-refractivity contribution in [2.45, 2.75) is 40.2 Å². The minimum atomic E-state index is -0.398. The molecule has 0 saturated heterocycles. The molecule has 0 unspecified atom stereocenters. The molecule has 0 saturated carbocycles. The van der Waals surface area contributed by atoms with Crippen LogP contribution in [0.1, 0.15) is 44.9 Å². The number of urea groups is 1. The zero-order valence-corrected chi connectivity index (χ0v) is 16.0. The summed E-state index contributed by atoms with van der Waals surface area (Å²) in [7, 11) is 0.